The molecule has 3 atom stereocenters. The average molecular weight is 703 g/mol. The van der Waals surface area contributed by atoms with Gasteiger partial charge in [-0.2, -0.15) is 0 Å². The Bertz CT molecular complexity index is 874. The van der Waals surface area contributed by atoms with Crippen molar-refractivity contribution in [3.63, 3.8) is 0 Å². The van der Waals surface area contributed by atoms with Gasteiger partial charge in [-0.05, 0) is 70.6 Å². The van der Waals surface area contributed by atoms with Crippen molar-refractivity contribution in [2.75, 3.05) is 13.2 Å². The summed E-state index contributed by atoms with van der Waals surface area (Å²) in [7, 11) is 0. The number of carbonyl (C=O) groups is 2. The van der Waals surface area contributed by atoms with Gasteiger partial charge in [0.25, 0.3) is 0 Å². The number of ether oxygens (including phenoxy) is 2. The molecule has 50 heavy (non-hydrogen) atoms. The molecule has 0 aliphatic carbocycles. The van der Waals surface area contributed by atoms with Crippen molar-refractivity contribution < 1.29 is 29.3 Å². The molecule has 6 heteroatoms. The van der Waals surface area contributed by atoms with Gasteiger partial charge in [0.05, 0.1) is 6.10 Å². The van der Waals surface area contributed by atoms with Crippen LogP contribution in [0.5, 0.6) is 0 Å². The summed E-state index contributed by atoms with van der Waals surface area (Å²) in [6.45, 7) is 6.19. The van der Waals surface area contributed by atoms with Crippen molar-refractivity contribution in [2.45, 2.75) is 200 Å². The van der Waals surface area contributed by atoms with Crippen molar-refractivity contribution in [2.24, 2.45) is 5.92 Å². The molecule has 0 fully saturated rings. The van der Waals surface area contributed by atoms with Gasteiger partial charge in [0, 0.05) is 12.8 Å². The lowest BCUT2D eigenvalue weighted by Gasteiger charge is -2.12. The zero-order valence-corrected chi connectivity index (χ0v) is 32.7. The van der Waals surface area contributed by atoms with E-state index in [0.717, 1.165) is 70.1 Å². The Morgan fingerprint density at radius 1 is 0.500 bits per heavy atom. The van der Waals surface area contributed by atoms with Crippen LogP contribution in [-0.4, -0.2) is 47.6 Å². The molecular formula is C44H78O6. The van der Waals surface area contributed by atoms with Crippen molar-refractivity contribution in [3.05, 3.63) is 48.6 Å². The molecule has 0 saturated carbocycles. The number of unbranched alkanes of at least 4 members (excludes halogenated alkanes) is 15. The molecular weight excluding hydrogens is 624 g/mol. The zero-order valence-electron chi connectivity index (χ0n) is 32.7. The van der Waals surface area contributed by atoms with E-state index < -0.39 is 6.10 Å². The molecule has 0 aliphatic heterocycles. The molecule has 290 valence electrons. The summed E-state index contributed by atoms with van der Waals surface area (Å²) < 4.78 is 10.3. The van der Waals surface area contributed by atoms with Crippen LogP contribution in [0.4, 0.5) is 0 Å². The van der Waals surface area contributed by atoms with Gasteiger partial charge in [0.15, 0.2) is 0 Å². The second-order valence-corrected chi connectivity index (χ2v) is 14.3. The summed E-state index contributed by atoms with van der Waals surface area (Å²) in [6, 6.07) is 0. The van der Waals surface area contributed by atoms with Crippen LogP contribution in [0.1, 0.15) is 188 Å². The Labute approximate surface area is 308 Å². The normalized spacial score (nSPS) is 13.9. The van der Waals surface area contributed by atoms with Gasteiger partial charge in [0.2, 0.25) is 0 Å². The third-order valence-corrected chi connectivity index (χ3v) is 9.13. The van der Waals surface area contributed by atoms with E-state index in [2.05, 4.69) is 62.5 Å². The number of hydrogen-bond acceptors (Lipinski definition) is 6. The number of esters is 2. The van der Waals surface area contributed by atoms with Gasteiger partial charge < -0.3 is 19.7 Å². The minimum Gasteiger partial charge on any atom is -0.463 e. The number of rotatable bonds is 36. The second kappa shape index (κ2) is 38.1. The average Bonchev–Trinajstić information content (AvgIpc) is 3.10. The highest BCUT2D eigenvalue weighted by Crippen LogP contribution is 2.16. The van der Waals surface area contributed by atoms with Crippen molar-refractivity contribution in [3.8, 4) is 0 Å². The lowest BCUT2D eigenvalue weighted by atomic mass is 9.99. The molecule has 0 amide bonds. The molecule has 0 aromatic carbocycles. The number of hydrogen-bond donors (Lipinski definition) is 2. The lowest BCUT2D eigenvalue weighted by molar-refractivity contribution is -0.152. The number of allylic oxidation sites excluding steroid dienone is 8. The second-order valence-electron chi connectivity index (χ2n) is 14.3. The SMILES string of the molecule is CCC(C)CCCCCCCCCCCCCCCCC(=O)OC[C@H](O)COC(=O)CCC/C=C\C/C=C\C/C=C\C/C=C\CCC[C@@H](C)O. The predicted molar refractivity (Wildman–Crippen MR) is 211 cm³/mol. The predicted octanol–water partition coefficient (Wildman–Crippen LogP) is 11.8. The molecule has 0 rings (SSSR count). The van der Waals surface area contributed by atoms with E-state index in [9.17, 15) is 19.8 Å². The highest BCUT2D eigenvalue weighted by molar-refractivity contribution is 5.69. The summed E-state index contributed by atoms with van der Waals surface area (Å²) in [5.74, 6) is 0.255. The highest BCUT2D eigenvalue weighted by atomic mass is 16.6. The van der Waals surface area contributed by atoms with Crippen molar-refractivity contribution in [1.29, 1.82) is 0 Å². The third-order valence-electron chi connectivity index (χ3n) is 9.13. The maximum atomic E-state index is 12.0. The first-order chi connectivity index (χ1) is 24.3. The molecule has 0 aliphatic rings. The number of carbonyl (C=O) groups excluding carboxylic acids is 2. The first kappa shape index (κ1) is 47.8. The van der Waals surface area contributed by atoms with E-state index in [-0.39, 0.29) is 31.3 Å². The van der Waals surface area contributed by atoms with Crippen LogP contribution >= 0.6 is 0 Å². The summed E-state index contributed by atoms with van der Waals surface area (Å²) in [4.78, 5) is 23.9. The van der Waals surface area contributed by atoms with Crippen molar-refractivity contribution >= 4 is 11.9 Å². The van der Waals surface area contributed by atoms with Crippen LogP contribution in [-0.2, 0) is 19.1 Å². The van der Waals surface area contributed by atoms with Gasteiger partial charge in [-0.15, -0.1) is 0 Å². The van der Waals surface area contributed by atoms with Crippen LogP contribution in [0, 0.1) is 5.92 Å². The first-order valence-electron chi connectivity index (χ1n) is 20.6. The quantitative estimate of drug-likeness (QED) is 0.0383. The molecule has 0 radical (unpaired) electrons. The van der Waals surface area contributed by atoms with Crippen LogP contribution in [0.2, 0.25) is 0 Å². The van der Waals surface area contributed by atoms with E-state index in [1.807, 2.05) is 6.92 Å². The maximum absolute atomic E-state index is 12.0. The summed E-state index contributed by atoms with van der Waals surface area (Å²) in [5.41, 5.74) is 0. The number of aliphatic hydroxyl groups is 2. The molecule has 2 N–H and O–H groups in total. The van der Waals surface area contributed by atoms with E-state index in [4.69, 9.17) is 9.47 Å². The Hall–Kier alpha value is -2.18. The van der Waals surface area contributed by atoms with Gasteiger partial charge in [-0.25, -0.2) is 0 Å². The molecule has 6 nitrogen and oxygen atoms in total. The van der Waals surface area contributed by atoms with Gasteiger partial charge in [-0.1, -0.05) is 159 Å². The molecule has 1 unspecified atom stereocenters. The lowest BCUT2D eigenvalue weighted by Crippen LogP contribution is -2.25. The van der Waals surface area contributed by atoms with Crippen LogP contribution < -0.4 is 0 Å². The van der Waals surface area contributed by atoms with Gasteiger partial charge in [-0.3, -0.25) is 9.59 Å². The molecule has 0 aromatic rings. The number of aliphatic hydroxyl groups excluding tert-OH is 2. The fourth-order valence-corrected chi connectivity index (χ4v) is 5.60. The van der Waals surface area contributed by atoms with Crippen molar-refractivity contribution in [1.82, 2.24) is 0 Å². The topological polar surface area (TPSA) is 93.1 Å². The fraction of sp³-hybridized carbons (Fsp3) is 0.773. The van der Waals surface area contributed by atoms with Crippen LogP contribution in [0.25, 0.3) is 0 Å². The Balaban J connectivity index is 3.52. The summed E-state index contributed by atoms with van der Waals surface area (Å²) in [6.07, 6.45) is 44.4. The fourth-order valence-electron chi connectivity index (χ4n) is 5.60. The van der Waals surface area contributed by atoms with Gasteiger partial charge >= 0.3 is 11.9 Å². The smallest absolute Gasteiger partial charge is 0.305 e. The highest BCUT2D eigenvalue weighted by Gasteiger charge is 2.12. The van der Waals surface area contributed by atoms with Crippen LogP contribution in [0.3, 0.4) is 0 Å². The molecule has 0 saturated heterocycles. The summed E-state index contributed by atoms with van der Waals surface area (Å²) in [5, 5.41) is 19.3. The maximum Gasteiger partial charge on any atom is 0.305 e. The Morgan fingerprint density at radius 2 is 0.880 bits per heavy atom. The van der Waals surface area contributed by atoms with E-state index in [1.54, 1.807) is 0 Å². The summed E-state index contributed by atoms with van der Waals surface area (Å²) >= 11 is 0. The Morgan fingerprint density at radius 3 is 1.32 bits per heavy atom. The molecule has 0 spiro atoms. The third kappa shape index (κ3) is 38.6. The minimum absolute atomic E-state index is 0.140. The zero-order chi connectivity index (χ0) is 36.8. The Kier molecular flexibility index (Phi) is 36.4. The standard InChI is InChI=1S/C44H78O6/c1-4-40(2)34-30-26-22-18-14-10-8-9-13-17-21-25-29-33-37-44(48)50-39-42(46)38-49-43(47)36-32-28-24-20-16-12-7-5-6-11-15-19-23-27-31-35-41(3)45/h6-7,11-12,19-20,23-24,40-42,45-46H,4-5,8-10,13-18,21-22,25-39H2,1-3H3/b11-6-,12-7-,23-19-,24-20-/t40?,41-,42-/m1/s1. The van der Waals surface area contributed by atoms with Crippen LogP contribution in [0.15, 0.2) is 48.6 Å². The molecule has 0 bridgehead atoms. The minimum atomic E-state index is -0.994. The van der Waals surface area contributed by atoms with E-state index in [1.165, 1.54) is 83.5 Å². The van der Waals surface area contributed by atoms with E-state index in [0.29, 0.717) is 19.3 Å². The largest absolute Gasteiger partial charge is 0.463 e. The monoisotopic (exact) mass is 703 g/mol. The van der Waals surface area contributed by atoms with E-state index >= 15 is 0 Å². The first-order valence-corrected chi connectivity index (χ1v) is 20.6. The molecule has 0 heterocycles. The van der Waals surface area contributed by atoms with Gasteiger partial charge in [0.1, 0.15) is 19.3 Å². The molecule has 0 aromatic heterocycles.